The van der Waals surface area contributed by atoms with E-state index < -0.39 is 10.0 Å². The molecular weight excluding hydrogens is 278 g/mol. The topological polar surface area (TPSA) is 99.8 Å². The van der Waals surface area contributed by atoms with Gasteiger partial charge in [0.2, 0.25) is 0 Å². The highest BCUT2D eigenvalue weighted by molar-refractivity contribution is 7.92. The van der Waals surface area contributed by atoms with Crippen LogP contribution in [0.15, 0.2) is 35.9 Å². The minimum absolute atomic E-state index is 0.203. The van der Waals surface area contributed by atoms with Crippen molar-refractivity contribution in [2.45, 2.75) is 30.3 Å². The number of nitrogens with one attached hydrogen (secondary N) is 3. The molecule has 20 heavy (non-hydrogen) atoms. The Kier molecular flexibility index (Phi) is 3.41. The van der Waals surface area contributed by atoms with E-state index in [-0.39, 0.29) is 4.90 Å². The van der Waals surface area contributed by atoms with Crippen LogP contribution in [0.5, 0.6) is 0 Å². The Hall–Kier alpha value is -1.93. The van der Waals surface area contributed by atoms with Crippen LogP contribution in [0.25, 0.3) is 0 Å². The van der Waals surface area contributed by atoms with Crippen LogP contribution in [0.1, 0.15) is 18.5 Å². The number of aromatic nitrogens is 3. The second-order valence-corrected chi connectivity index (χ2v) is 6.43. The number of sulfonamides is 1. The summed E-state index contributed by atoms with van der Waals surface area (Å²) < 4.78 is 26.7. The third-order valence-electron chi connectivity index (χ3n) is 3.00. The van der Waals surface area contributed by atoms with E-state index in [0.717, 1.165) is 5.69 Å². The SMILES string of the molecule is O=S(=O)(Nc1cncnc1)c1c[nH]c(CNC2CC2)c1. The van der Waals surface area contributed by atoms with E-state index in [4.69, 9.17) is 0 Å². The highest BCUT2D eigenvalue weighted by Gasteiger charge is 2.21. The van der Waals surface area contributed by atoms with Crippen LogP contribution in [0.3, 0.4) is 0 Å². The van der Waals surface area contributed by atoms with Crippen molar-refractivity contribution < 1.29 is 8.42 Å². The predicted octanol–water partition coefficient (Wildman–Crippen LogP) is 0.857. The summed E-state index contributed by atoms with van der Waals surface area (Å²) in [5.74, 6) is 0. The molecule has 1 fully saturated rings. The molecule has 3 rings (SSSR count). The van der Waals surface area contributed by atoms with Crippen molar-refractivity contribution in [1.82, 2.24) is 20.3 Å². The Balaban J connectivity index is 1.70. The van der Waals surface area contributed by atoms with Gasteiger partial charge in [0.05, 0.1) is 18.1 Å². The summed E-state index contributed by atoms with van der Waals surface area (Å²) in [7, 11) is -3.60. The van der Waals surface area contributed by atoms with Crippen molar-refractivity contribution in [3.05, 3.63) is 36.7 Å². The normalized spacial score (nSPS) is 15.2. The van der Waals surface area contributed by atoms with Gasteiger partial charge in [0.1, 0.15) is 11.2 Å². The summed E-state index contributed by atoms with van der Waals surface area (Å²) >= 11 is 0. The number of anilines is 1. The molecule has 0 atom stereocenters. The van der Waals surface area contributed by atoms with Gasteiger partial charge < -0.3 is 10.3 Å². The Morgan fingerprint density at radius 2 is 2.05 bits per heavy atom. The van der Waals surface area contributed by atoms with Crippen molar-refractivity contribution in [1.29, 1.82) is 0 Å². The summed E-state index contributed by atoms with van der Waals surface area (Å²) in [5.41, 5.74) is 1.19. The van der Waals surface area contributed by atoms with Gasteiger partial charge in [0.25, 0.3) is 10.0 Å². The van der Waals surface area contributed by atoms with E-state index in [1.807, 2.05) is 0 Å². The minimum atomic E-state index is -3.60. The Bertz CT molecular complexity index is 679. The van der Waals surface area contributed by atoms with E-state index >= 15 is 0 Å². The van der Waals surface area contributed by atoms with Gasteiger partial charge >= 0.3 is 0 Å². The molecular formula is C12H15N5O2S. The zero-order valence-electron chi connectivity index (χ0n) is 10.7. The largest absolute Gasteiger partial charge is 0.363 e. The molecule has 0 unspecified atom stereocenters. The average molecular weight is 293 g/mol. The molecule has 0 bridgehead atoms. The molecule has 7 nitrogen and oxygen atoms in total. The lowest BCUT2D eigenvalue weighted by Gasteiger charge is -2.04. The minimum Gasteiger partial charge on any atom is -0.363 e. The van der Waals surface area contributed by atoms with E-state index in [1.165, 1.54) is 37.8 Å². The molecule has 0 aromatic carbocycles. The highest BCUT2D eigenvalue weighted by Crippen LogP contribution is 2.20. The van der Waals surface area contributed by atoms with Crippen LogP contribution in [0.2, 0.25) is 0 Å². The zero-order chi connectivity index (χ0) is 14.0. The Labute approximate surface area is 116 Å². The van der Waals surface area contributed by atoms with Gasteiger partial charge in [-0.3, -0.25) is 4.72 Å². The monoisotopic (exact) mass is 293 g/mol. The van der Waals surface area contributed by atoms with Crippen molar-refractivity contribution >= 4 is 15.7 Å². The van der Waals surface area contributed by atoms with Gasteiger partial charge in [-0.05, 0) is 18.9 Å². The molecule has 0 spiro atoms. The molecule has 8 heteroatoms. The van der Waals surface area contributed by atoms with Crippen LogP contribution < -0.4 is 10.0 Å². The number of rotatable bonds is 6. The van der Waals surface area contributed by atoms with E-state index in [2.05, 4.69) is 25.0 Å². The van der Waals surface area contributed by atoms with Crippen LogP contribution >= 0.6 is 0 Å². The Morgan fingerprint density at radius 1 is 1.30 bits per heavy atom. The number of hydrogen-bond acceptors (Lipinski definition) is 5. The summed E-state index contributed by atoms with van der Waals surface area (Å²) in [6.07, 6.45) is 8.04. The fourth-order valence-corrected chi connectivity index (χ4v) is 2.83. The summed E-state index contributed by atoms with van der Waals surface area (Å²) in [6, 6.07) is 2.21. The first kappa shape index (κ1) is 13.1. The molecule has 1 aliphatic carbocycles. The fraction of sp³-hybridized carbons (Fsp3) is 0.333. The highest BCUT2D eigenvalue weighted by atomic mass is 32.2. The molecule has 0 saturated heterocycles. The molecule has 2 heterocycles. The van der Waals surface area contributed by atoms with Gasteiger partial charge in [-0.2, -0.15) is 0 Å². The molecule has 0 aliphatic heterocycles. The van der Waals surface area contributed by atoms with Gasteiger partial charge in [0.15, 0.2) is 0 Å². The molecule has 2 aromatic heterocycles. The van der Waals surface area contributed by atoms with Gasteiger partial charge in [0, 0.05) is 24.5 Å². The van der Waals surface area contributed by atoms with Gasteiger partial charge in [-0.1, -0.05) is 0 Å². The van der Waals surface area contributed by atoms with Crippen molar-refractivity contribution in [3.8, 4) is 0 Å². The smallest absolute Gasteiger partial charge is 0.263 e. The lowest BCUT2D eigenvalue weighted by Crippen LogP contribution is -2.15. The average Bonchev–Trinajstić information content (AvgIpc) is 3.13. The first-order chi connectivity index (χ1) is 9.63. The third kappa shape index (κ3) is 3.14. The first-order valence-corrected chi connectivity index (χ1v) is 7.80. The van der Waals surface area contributed by atoms with Crippen LogP contribution in [-0.4, -0.2) is 29.4 Å². The van der Waals surface area contributed by atoms with Crippen LogP contribution in [-0.2, 0) is 16.6 Å². The second kappa shape index (κ2) is 5.22. The van der Waals surface area contributed by atoms with E-state index in [1.54, 1.807) is 6.07 Å². The van der Waals surface area contributed by atoms with Crippen LogP contribution in [0.4, 0.5) is 5.69 Å². The first-order valence-electron chi connectivity index (χ1n) is 6.32. The summed E-state index contributed by atoms with van der Waals surface area (Å²) in [4.78, 5) is 10.7. The third-order valence-corrected chi connectivity index (χ3v) is 4.36. The Morgan fingerprint density at radius 3 is 2.75 bits per heavy atom. The zero-order valence-corrected chi connectivity index (χ0v) is 11.5. The molecule has 1 saturated carbocycles. The lowest BCUT2D eigenvalue weighted by atomic mass is 10.4. The molecule has 3 N–H and O–H groups in total. The van der Waals surface area contributed by atoms with Gasteiger partial charge in [-0.15, -0.1) is 0 Å². The van der Waals surface area contributed by atoms with Crippen molar-refractivity contribution in [2.75, 3.05) is 4.72 Å². The molecule has 1 aliphatic rings. The molecule has 106 valence electrons. The van der Waals surface area contributed by atoms with Crippen LogP contribution in [0, 0.1) is 0 Å². The molecule has 0 radical (unpaired) electrons. The number of hydrogen-bond donors (Lipinski definition) is 3. The molecule has 2 aromatic rings. The second-order valence-electron chi connectivity index (χ2n) is 4.75. The predicted molar refractivity (Wildman–Crippen MR) is 73.5 cm³/mol. The van der Waals surface area contributed by atoms with Gasteiger partial charge in [-0.25, -0.2) is 18.4 Å². The number of aromatic amines is 1. The summed E-state index contributed by atoms with van der Waals surface area (Å²) in [5, 5.41) is 3.32. The van der Waals surface area contributed by atoms with E-state index in [9.17, 15) is 8.42 Å². The standard InChI is InChI=1S/C12H15N5O2S/c18-20(19,17-11-4-13-8-14-5-11)12-3-10(16-7-12)6-15-9-1-2-9/h3-5,7-9,15-17H,1-2,6H2. The molecule has 0 amide bonds. The van der Waals surface area contributed by atoms with Crippen molar-refractivity contribution in [2.24, 2.45) is 0 Å². The number of H-pyrrole nitrogens is 1. The van der Waals surface area contributed by atoms with E-state index in [0.29, 0.717) is 18.3 Å². The lowest BCUT2D eigenvalue weighted by molar-refractivity contribution is 0.601. The maximum Gasteiger partial charge on any atom is 0.263 e. The maximum absolute atomic E-state index is 12.2. The quantitative estimate of drug-likeness (QED) is 0.733. The summed E-state index contributed by atoms with van der Waals surface area (Å²) in [6.45, 7) is 0.647. The van der Waals surface area contributed by atoms with Crippen molar-refractivity contribution in [3.63, 3.8) is 0 Å². The fourth-order valence-electron chi connectivity index (χ4n) is 1.78. The number of nitrogens with zero attached hydrogens (tertiary/aromatic N) is 2. The maximum atomic E-state index is 12.2.